The van der Waals surface area contributed by atoms with Crippen molar-refractivity contribution in [2.75, 3.05) is 0 Å². The fraction of sp³-hybridized carbons (Fsp3) is 0.111. The number of fused-ring (bicyclic) bond motifs is 1. The van der Waals surface area contributed by atoms with E-state index in [0.29, 0.717) is 22.2 Å². The molecular weight excluding hydrogens is 319 g/mol. The molecule has 0 aliphatic rings. The van der Waals surface area contributed by atoms with E-state index in [9.17, 15) is 23.1 Å². The number of rotatable bonds is 2. The molecule has 3 nitrogen and oxygen atoms in total. The molecule has 0 spiro atoms. The van der Waals surface area contributed by atoms with E-state index in [4.69, 9.17) is 0 Å². The van der Waals surface area contributed by atoms with Gasteiger partial charge in [0.15, 0.2) is 0 Å². The molecule has 1 heterocycles. The van der Waals surface area contributed by atoms with E-state index >= 15 is 0 Å². The molecule has 0 amide bonds. The molecule has 3 rings (SSSR count). The molecule has 0 aliphatic heterocycles. The summed E-state index contributed by atoms with van der Waals surface area (Å²) in [5.74, 6) is -1.11. The number of pyridine rings is 1. The Morgan fingerprint density at radius 3 is 2.29 bits per heavy atom. The molecule has 0 fully saturated rings. The van der Waals surface area contributed by atoms with Crippen molar-refractivity contribution < 1.29 is 23.1 Å². The molecule has 1 aromatic heterocycles. The fourth-order valence-electron chi connectivity index (χ4n) is 2.49. The van der Waals surface area contributed by atoms with Gasteiger partial charge < -0.3 is 5.11 Å². The van der Waals surface area contributed by atoms with E-state index in [0.717, 1.165) is 17.7 Å². The van der Waals surface area contributed by atoms with Crippen LogP contribution in [0.4, 0.5) is 13.2 Å². The maximum absolute atomic E-state index is 12.6. The summed E-state index contributed by atoms with van der Waals surface area (Å²) in [7, 11) is 0. The average molecular weight is 331 g/mol. The largest absolute Gasteiger partial charge is 0.478 e. The Hall–Kier alpha value is -2.89. The summed E-state index contributed by atoms with van der Waals surface area (Å²) in [6.45, 7) is 1.84. The third kappa shape index (κ3) is 2.95. The van der Waals surface area contributed by atoms with E-state index in [1.54, 1.807) is 18.2 Å². The van der Waals surface area contributed by atoms with Gasteiger partial charge in [-0.15, -0.1) is 0 Å². The van der Waals surface area contributed by atoms with Crippen molar-refractivity contribution in [1.82, 2.24) is 4.98 Å². The third-order valence-corrected chi connectivity index (χ3v) is 3.70. The number of nitrogens with zero attached hydrogens (tertiary/aromatic N) is 1. The van der Waals surface area contributed by atoms with Crippen molar-refractivity contribution in [2.45, 2.75) is 13.1 Å². The number of aryl methyl sites for hydroxylation is 1. The second kappa shape index (κ2) is 5.63. The summed E-state index contributed by atoms with van der Waals surface area (Å²) < 4.78 is 37.9. The standard InChI is InChI=1S/C18H12F3NO2/c1-10-2-7-15-13(8-10)14(17(23)24)9-16(22-15)11-3-5-12(6-4-11)18(19,20)21/h2-9H,1H3,(H,23,24). The maximum Gasteiger partial charge on any atom is 0.416 e. The minimum absolute atomic E-state index is 0.0681. The van der Waals surface area contributed by atoms with Gasteiger partial charge in [-0.1, -0.05) is 23.8 Å². The van der Waals surface area contributed by atoms with Gasteiger partial charge in [0.25, 0.3) is 0 Å². The van der Waals surface area contributed by atoms with Crippen LogP contribution in [0.25, 0.3) is 22.2 Å². The SMILES string of the molecule is Cc1ccc2nc(-c3ccc(C(F)(F)F)cc3)cc(C(=O)O)c2c1. The number of carboxylic acids is 1. The van der Waals surface area contributed by atoms with Gasteiger partial charge in [-0.2, -0.15) is 13.2 Å². The van der Waals surface area contributed by atoms with Gasteiger partial charge in [-0.05, 0) is 37.3 Å². The molecule has 0 saturated heterocycles. The number of benzene rings is 2. The first-order chi connectivity index (χ1) is 11.3. The first-order valence-electron chi connectivity index (χ1n) is 7.08. The van der Waals surface area contributed by atoms with Crippen LogP contribution in [-0.4, -0.2) is 16.1 Å². The van der Waals surface area contributed by atoms with Crippen molar-refractivity contribution in [3.8, 4) is 11.3 Å². The second-order valence-corrected chi connectivity index (χ2v) is 5.46. The molecule has 3 aromatic rings. The highest BCUT2D eigenvalue weighted by Gasteiger charge is 2.30. The Labute approximate surface area is 135 Å². The van der Waals surface area contributed by atoms with Crippen LogP contribution in [0.3, 0.4) is 0 Å². The summed E-state index contributed by atoms with van der Waals surface area (Å²) in [6.07, 6.45) is -4.42. The topological polar surface area (TPSA) is 50.2 Å². The second-order valence-electron chi connectivity index (χ2n) is 5.46. The van der Waals surface area contributed by atoms with Crippen molar-refractivity contribution >= 4 is 16.9 Å². The normalized spacial score (nSPS) is 11.7. The molecule has 24 heavy (non-hydrogen) atoms. The molecule has 1 N–H and O–H groups in total. The number of carboxylic acid groups (broad SMARTS) is 1. The van der Waals surface area contributed by atoms with Crippen molar-refractivity contribution in [2.24, 2.45) is 0 Å². The van der Waals surface area contributed by atoms with Gasteiger partial charge in [0.2, 0.25) is 0 Å². The fourth-order valence-corrected chi connectivity index (χ4v) is 2.49. The number of halogens is 3. The van der Waals surface area contributed by atoms with Crippen LogP contribution in [0, 0.1) is 6.92 Å². The minimum Gasteiger partial charge on any atom is -0.478 e. The highest BCUT2D eigenvalue weighted by atomic mass is 19.4. The lowest BCUT2D eigenvalue weighted by Crippen LogP contribution is -2.04. The Balaban J connectivity index is 2.16. The lowest BCUT2D eigenvalue weighted by Gasteiger charge is -2.10. The molecule has 0 aliphatic carbocycles. The monoisotopic (exact) mass is 331 g/mol. The summed E-state index contributed by atoms with van der Waals surface area (Å²) in [6, 6.07) is 11.1. The molecule has 6 heteroatoms. The molecule has 2 aromatic carbocycles. The van der Waals surface area contributed by atoms with E-state index in [1.165, 1.54) is 18.2 Å². The number of aromatic nitrogens is 1. The summed E-state index contributed by atoms with van der Waals surface area (Å²) >= 11 is 0. The minimum atomic E-state index is -4.42. The smallest absolute Gasteiger partial charge is 0.416 e. The van der Waals surface area contributed by atoms with Crippen LogP contribution < -0.4 is 0 Å². The average Bonchev–Trinajstić information content (AvgIpc) is 2.53. The lowest BCUT2D eigenvalue weighted by atomic mass is 10.0. The predicted molar refractivity (Wildman–Crippen MR) is 83.9 cm³/mol. The van der Waals surface area contributed by atoms with Crippen LogP contribution >= 0.6 is 0 Å². The number of hydrogen-bond acceptors (Lipinski definition) is 2. The Morgan fingerprint density at radius 2 is 1.71 bits per heavy atom. The number of carbonyl (C=O) groups is 1. The van der Waals surface area contributed by atoms with Gasteiger partial charge in [0, 0.05) is 10.9 Å². The summed E-state index contributed by atoms with van der Waals surface area (Å²) in [4.78, 5) is 15.9. The first-order valence-corrected chi connectivity index (χ1v) is 7.08. The summed E-state index contributed by atoms with van der Waals surface area (Å²) in [5.41, 5.74) is 1.43. The van der Waals surface area contributed by atoms with Gasteiger partial charge in [0.1, 0.15) is 0 Å². The van der Waals surface area contributed by atoms with Crippen LogP contribution in [0.5, 0.6) is 0 Å². The molecular formula is C18H12F3NO2. The molecule has 0 bridgehead atoms. The molecule has 0 unspecified atom stereocenters. The first kappa shape index (κ1) is 16.0. The molecule has 0 radical (unpaired) electrons. The van der Waals surface area contributed by atoms with Crippen LogP contribution in [0.15, 0.2) is 48.5 Å². The lowest BCUT2D eigenvalue weighted by molar-refractivity contribution is -0.137. The third-order valence-electron chi connectivity index (χ3n) is 3.70. The van der Waals surface area contributed by atoms with E-state index < -0.39 is 17.7 Å². The number of hydrogen-bond donors (Lipinski definition) is 1. The predicted octanol–water partition coefficient (Wildman–Crippen LogP) is 4.93. The maximum atomic E-state index is 12.6. The molecule has 122 valence electrons. The Kier molecular flexibility index (Phi) is 3.75. The van der Waals surface area contributed by atoms with Gasteiger partial charge in [0.05, 0.1) is 22.3 Å². The molecule has 0 atom stereocenters. The van der Waals surface area contributed by atoms with Gasteiger partial charge in [-0.25, -0.2) is 9.78 Å². The van der Waals surface area contributed by atoms with Crippen LogP contribution in [0.1, 0.15) is 21.5 Å². The van der Waals surface area contributed by atoms with Crippen LogP contribution in [0.2, 0.25) is 0 Å². The summed E-state index contributed by atoms with van der Waals surface area (Å²) in [5, 5.41) is 9.92. The zero-order valence-electron chi connectivity index (χ0n) is 12.6. The van der Waals surface area contributed by atoms with E-state index in [2.05, 4.69) is 4.98 Å². The van der Waals surface area contributed by atoms with Crippen LogP contribution in [-0.2, 0) is 6.18 Å². The van der Waals surface area contributed by atoms with E-state index in [1.807, 2.05) is 6.92 Å². The van der Waals surface area contributed by atoms with Crippen molar-refractivity contribution in [3.05, 3.63) is 65.2 Å². The quantitative estimate of drug-likeness (QED) is 0.724. The van der Waals surface area contributed by atoms with Gasteiger partial charge >= 0.3 is 12.1 Å². The zero-order valence-corrected chi connectivity index (χ0v) is 12.6. The van der Waals surface area contributed by atoms with Crippen molar-refractivity contribution in [3.63, 3.8) is 0 Å². The highest BCUT2D eigenvalue weighted by molar-refractivity contribution is 6.03. The highest BCUT2D eigenvalue weighted by Crippen LogP contribution is 2.31. The number of aromatic carboxylic acids is 1. The number of alkyl halides is 3. The Morgan fingerprint density at radius 1 is 1.04 bits per heavy atom. The molecule has 0 saturated carbocycles. The zero-order chi connectivity index (χ0) is 17.5. The van der Waals surface area contributed by atoms with Gasteiger partial charge in [-0.3, -0.25) is 0 Å². The van der Waals surface area contributed by atoms with Crippen molar-refractivity contribution in [1.29, 1.82) is 0 Å². The Bertz CT molecular complexity index is 931. The van der Waals surface area contributed by atoms with E-state index in [-0.39, 0.29) is 5.56 Å².